The minimum atomic E-state index is 0.520. The van der Waals surface area contributed by atoms with Gasteiger partial charge in [0, 0.05) is 35.8 Å². The summed E-state index contributed by atoms with van der Waals surface area (Å²) in [6.07, 6.45) is 4.36. The zero-order valence-corrected chi connectivity index (χ0v) is 12.2. The highest BCUT2D eigenvalue weighted by atomic mass is 35.5. The van der Waals surface area contributed by atoms with Crippen molar-refractivity contribution in [1.82, 2.24) is 4.98 Å². The highest BCUT2D eigenvalue weighted by Gasteiger charge is 1.97. The number of benzene rings is 1. The van der Waals surface area contributed by atoms with E-state index in [1.807, 2.05) is 43.6 Å². The lowest BCUT2D eigenvalue weighted by Gasteiger charge is -2.06. The van der Waals surface area contributed by atoms with Crippen LogP contribution in [0.3, 0.4) is 0 Å². The van der Waals surface area contributed by atoms with Crippen molar-refractivity contribution in [2.45, 2.75) is 20.0 Å². The van der Waals surface area contributed by atoms with Crippen LogP contribution in [0.1, 0.15) is 23.1 Å². The van der Waals surface area contributed by atoms with Gasteiger partial charge in [-0.15, -0.1) is 11.6 Å². The number of rotatable bonds is 4. The van der Waals surface area contributed by atoms with Gasteiger partial charge in [0.25, 0.3) is 0 Å². The molecule has 0 unspecified atom stereocenters. The molecule has 2 nitrogen and oxygen atoms in total. The summed E-state index contributed by atoms with van der Waals surface area (Å²) in [5.41, 5.74) is 3.17. The number of ether oxygens (including phenoxy) is 1. The molecule has 0 atom stereocenters. The van der Waals surface area contributed by atoms with Crippen LogP contribution in [-0.2, 0) is 6.61 Å². The Hall–Kier alpha value is -1.98. The van der Waals surface area contributed by atoms with Gasteiger partial charge in [-0.25, -0.2) is 0 Å². The zero-order chi connectivity index (χ0) is 14.2. The van der Waals surface area contributed by atoms with E-state index in [0.29, 0.717) is 18.9 Å². The van der Waals surface area contributed by atoms with Gasteiger partial charge in [0.2, 0.25) is 0 Å². The summed E-state index contributed by atoms with van der Waals surface area (Å²) in [5.74, 6) is 7.45. The standard InChI is InChI=1S/C17H16ClNO/c1-14-10-16(12-19-11-14)13-20-17-7-5-15(6-8-17)4-2-3-9-18/h5-8,10-12H,3,9,13H2,1H3. The fourth-order valence-electron chi connectivity index (χ4n) is 1.71. The molecule has 0 bridgehead atoms. The first kappa shape index (κ1) is 14.4. The molecule has 3 heteroatoms. The van der Waals surface area contributed by atoms with Gasteiger partial charge in [-0.2, -0.15) is 0 Å². The summed E-state index contributed by atoms with van der Waals surface area (Å²) in [7, 11) is 0. The lowest BCUT2D eigenvalue weighted by molar-refractivity contribution is 0.305. The van der Waals surface area contributed by atoms with E-state index in [9.17, 15) is 0 Å². The molecule has 0 aliphatic rings. The molecule has 1 aromatic heterocycles. The molecule has 0 spiro atoms. The molecule has 102 valence electrons. The quantitative estimate of drug-likeness (QED) is 0.627. The molecule has 0 radical (unpaired) electrons. The van der Waals surface area contributed by atoms with E-state index in [0.717, 1.165) is 22.4 Å². The van der Waals surface area contributed by atoms with Crippen LogP contribution < -0.4 is 4.74 Å². The summed E-state index contributed by atoms with van der Waals surface area (Å²) in [6.45, 7) is 2.54. The summed E-state index contributed by atoms with van der Waals surface area (Å²) in [4.78, 5) is 4.14. The van der Waals surface area contributed by atoms with E-state index in [1.165, 1.54) is 0 Å². The Labute approximate surface area is 124 Å². The molecule has 0 aliphatic heterocycles. The lowest BCUT2D eigenvalue weighted by atomic mass is 10.2. The number of halogens is 1. The first-order valence-corrected chi connectivity index (χ1v) is 6.99. The van der Waals surface area contributed by atoms with Crippen molar-refractivity contribution >= 4 is 11.6 Å². The van der Waals surface area contributed by atoms with Crippen molar-refractivity contribution in [3.8, 4) is 17.6 Å². The monoisotopic (exact) mass is 285 g/mol. The van der Waals surface area contributed by atoms with Gasteiger partial charge < -0.3 is 4.74 Å². The highest BCUT2D eigenvalue weighted by molar-refractivity contribution is 6.18. The van der Waals surface area contributed by atoms with Crippen molar-refractivity contribution in [3.63, 3.8) is 0 Å². The lowest BCUT2D eigenvalue weighted by Crippen LogP contribution is -1.96. The number of hydrogen-bond acceptors (Lipinski definition) is 2. The Kier molecular flexibility index (Phi) is 5.46. The molecular weight excluding hydrogens is 270 g/mol. The van der Waals surface area contributed by atoms with Crippen molar-refractivity contribution < 1.29 is 4.74 Å². The summed E-state index contributed by atoms with van der Waals surface area (Å²) in [5, 5.41) is 0. The number of pyridine rings is 1. The maximum atomic E-state index is 5.72. The minimum Gasteiger partial charge on any atom is -0.489 e. The van der Waals surface area contributed by atoms with Crippen molar-refractivity contribution in [1.29, 1.82) is 0 Å². The van der Waals surface area contributed by atoms with Crippen LogP contribution in [0.25, 0.3) is 0 Å². The number of hydrogen-bond donors (Lipinski definition) is 0. The molecule has 0 saturated heterocycles. The maximum Gasteiger partial charge on any atom is 0.119 e. The van der Waals surface area contributed by atoms with E-state index in [4.69, 9.17) is 16.3 Å². The summed E-state index contributed by atoms with van der Waals surface area (Å²) < 4.78 is 5.72. The third kappa shape index (κ3) is 4.60. The van der Waals surface area contributed by atoms with Crippen LogP contribution >= 0.6 is 11.6 Å². The fraction of sp³-hybridized carbons (Fsp3) is 0.235. The van der Waals surface area contributed by atoms with E-state index in [2.05, 4.69) is 22.9 Å². The molecule has 1 aromatic carbocycles. The Bertz CT molecular complexity index is 611. The number of nitrogens with zero attached hydrogens (tertiary/aromatic N) is 1. The maximum absolute atomic E-state index is 5.72. The van der Waals surface area contributed by atoms with Crippen LogP contribution in [0.15, 0.2) is 42.7 Å². The third-order valence-corrected chi connectivity index (χ3v) is 2.83. The van der Waals surface area contributed by atoms with Gasteiger partial charge in [0.05, 0.1) is 0 Å². The second-order valence-corrected chi connectivity index (χ2v) is 4.80. The summed E-state index contributed by atoms with van der Waals surface area (Å²) in [6, 6.07) is 9.82. The fourth-order valence-corrected chi connectivity index (χ4v) is 1.80. The Morgan fingerprint density at radius 1 is 1.20 bits per heavy atom. The molecule has 0 saturated carbocycles. The average Bonchev–Trinajstić information content (AvgIpc) is 2.47. The van der Waals surface area contributed by atoms with Gasteiger partial charge in [-0.05, 0) is 42.8 Å². The van der Waals surface area contributed by atoms with Crippen molar-refractivity contribution in [2.75, 3.05) is 5.88 Å². The summed E-state index contributed by atoms with van der Waals surface area (Å²) >= 11 is 5.58. The van der Waals surface area contributed by atoms with Gasteiger partial charge in [0.15, 0.2) is 0 Å². The highest BCUT2D eigenvalue weighted by Crippen LogP contribution is 2.14. The molecule has 0 amide bonds. The molecule has 0 aliphatic carbocycles. The molecule has 20 heavy (non-hydrogen) atoms. The van der Waals surface area contributed by atoms with Gasteiger partial charge in [0.1, 0.15) is 12.4 Å². The van der Waals surface area contributed by atoms with E-state index in [-0.39, 0.29) is 0 Å². The predicted molar refractivity (Wildman–Crippen MR) is 82.0 cm³/mol. The predicted octanol–water partition coefficient (Wildman–Crippen LogP) is 3.95. The topological polar surface area (TPSA) is 22.1 Å². The first-order valence-electron chi connectivity index (χ1n) is 6.46. The van der Waals surface area contributed by atoms with Crippen molar-refractivity contribution in [2.24, 2.45) is 0 Å². The molecular formula is C17H16ClNO. The van der Waals surface area contributed by atoms with Gasteiger partial charge >= 0.3 is 0 Å². The van der Waals surface area contributed by atoms with E-state index >= 15 is 0 Å². The smallest absolute Gasteiger partial charge is 0.119 e. The normalized spacial score (nSPS) is 9.70. The molecule has 1 heterocycles. The second kappa shape index (κ2) is 7.57. The van der Waals surface area contributed by atoms with Crippen molar-refractivity contribution in [3.05, 3.63) is 59.4 Å². The molecule has 0 fully saturated rings. The van der Waals surface area contributed by atoms with Crippen LogP contribution in [0.4, 0.5) is 0 Å². The SMILES string of the molecule is Cc1cncc(COc2ccc(C#CCCCl)cc2)c1. The zero-order valence-electron chi connectivity index (χ0n) is 11.4. The Morgan fingerprint density at radius 2 is 2.00 bits per heavy atom. The number of alkyl halides is 1. The first-order chi connectivity index (χ1) is 9.78. The molecule has 2 aromatic rings. The largest absolute Gasteiger partial charge is 0.489 e. The van der Waals surface area contributed by atoms with Crippen LogP contribution in [-0.4, -0.2) is 10.9 Å². The minimum absolute atomic E-state index is 0.520. The van der Waals surface area contributed by atoms with Crippen LogP contribution in [0.5, 0.6) is 5.75 Å². The number of aryl methyl sites for hydroxylation is 1. The molecule has 0 N–H and O–H groups in total. The van der Waals surface area contributed by atoms with E-state index < -0.39 is 0 Å². The second-order valence-electron chi connectivity index (χ2n) is 4.42. The average molecular weight is 286 g/mol. The third-order valence-electron chi connectivity index (χ3n) is 2.64. The Morgan fingerprint density at radius 3 is 2.70 bits per heavy atom. The van der Waals surface area contributed by atoms with Crippen LogP contribution in [0, 0.1) is 18.8 Å². The van der Waals surface area contributed by atoms with Gasteiger partial charge in [-0.1, -0.05) is 11.8 Å². The van der Waals surface area contributed by atoms with E-state index in [1.54, 1.807) is 0 Å². The van der Waals surface area contributed by atoms with Crippen LogP contribution in [0.2, 0.25) is 0 Å². The Balaban J connectivity index is 1.93. The van der Waals surface area contributed by atoms with Gasteiger partial charge in [-0.3, -0.25) is 4.98 Å². The molecule has 2 rings (SSSR count). The number of aromatic nitrogens is 1.